The zero-order valence-corrected chi connectivity index (χ0v) is 8.58. The minimum Gasteiger partial charge on any atom is -0.206 e. The zero-order valence-electron chi connectivity index (χ0n) is 7.82. The van der Waals surface area contributed by atoms with Crippen molar-refractivity contribution in [3.05, 3.63) is 47.9 Å². The van der Waals surface area contributed by atoms with Crippen LogP contribution in [0.15, 0.2) is 36.4 Å². The Morgan fingerprint density at radius 1 is 1.07 bits per heavy atom. The van der Waals surface area contributed by atoms with Gasteiger partial charge in [-0.25, -0.2) is 4.39 Å². The summed E-state index contributed by atoms with van der Waals surface area (Å²) in [5, 5.41) is 7.77. The first kappa shape index (κ1) is 10.1. The summed E-state index contributed by atoms with van der Waals surface area (Å²) in [5.74, 6) is 0.00954. The first-order valence-electron chi connectivity index (χ1n) is 4.45. The van der Waals surface area contributed by atoms with Crippen molar-refractivity contribution in [3.8, 4) is 11.3 Å². The first-order chi connectivity index (χ1) is 7.31. The zero-order chi connectivity index (χ0) is 10.7. The average Bonchev–Trinajstić information content (AvgIpc) is 2.30. The number of aromatic nitrogens is 2. The molecule has 0 unspecified atom stereocenters. The highest BCUT2D eigenvalue weighted by molar-refractivity contribution is 6.16. The molecule has 0 aliphatic rings. The molecule has 0 N–H and O–H groups in total. The molecule has 1 aromatic carbocycles. The molecule has 1 aromatic heterocycles. The maximum absolute atomic E-state index is 13.4. The Morgan fingerprint density at radius 2 is 1.87 bits per heavy atom. The molecule has 0 fully saturated rings. The van der Waals surface area contributed by atoms with Crippen LogP contribution >= 0.6 is 11.6 Å². The van der Waals surface area contributed by atoms with Crippen LogP contribution in [0.4, 0.5) is 4.39 Å². The number of benzene rings is 1. The first-order valence-corrected chi connectivity index (χ1v) is 4.98. The van der Waals surface area contributed by atoms with Crippen LogP contribution < -0.4 is 0 Å². The van der Waals surface area contributed by atoms with Crippen LogP contribution in [0.25, 0.3) is 11.3 Å². The van der Waals surface area contributed by atoms with Crippen molar-refractivity contribution in [2.45, 2.75) is 5.88 Å². The van der Waals surface area contributed by atoms with E-state index in [2.05, 4.69) is 10.2 Å². The number of nitrogens with zero attached hydrogens (tertiary/aromatic N) is 2. The summed E-state index contributed by atoms with van der Waals surface area (Å²) in [4.78, 5) is 0. The van der Waals surface area contributed by atoms with Crippen molar-refractivity contribution in [2.75, 3.05) is 0 Å². The molecule has 2 nitrogen and oxygen atoms in total. The molecule has 0 bridgehead atoms. The van der Waals surface area contributed by atoms with Crippen LogP contribution in [-0.2, 0) is 5.88 Å². The van der Waals surface area contributed by atoms with E-state index >= 15 is 0 Å². The number of rotatable bonds is 2. The highest BCUT2D eigenvalue weighted by atomic mass is 35.5. The van der Waals surface area contributed by atoms with E-state index in [9.17, 15) is 4.39 Å². The van der Waals surface area contributed by atoms with E-state index in [1.54, 1.807) is 30.3 Å². The lowest BCUT2D eigenvalue weighted by Crippen LogP contribution is -1.93. The molecule has 4 heteroatoms. The van der Waals surface area contributed by atoms with Crippen molar-refractivity contribution in [1.82, 2.24) is 10.2 Å². The normalized spacial score (nSPS) is 10.3. The number of hydrogen-bond donors (Lipinski definition) is 0. The predicted molar refractivity (Wildman–Crippen MR) is 57.0 cm³/mol. The van der Waals surface area contributed by atoms with Crippen LogP contribution in [0.3, 0.4) is 0 Å². The standard InChI is InChI=1S/C11H8ClFN2/c12-7-8-5-6-11(15-14-8)9-3-1-2-4-10(9)13/h1-6H,7H2. The fraction of sp³-hybridized carbons (Fsp3) is 0.0909. The van der Waals surface area contributed by atoms with E-state index in [-0.39, 0.29) is 5.82 Å². The second kappa shape index (κ2) is 4.36. The van der Waals surface area contributed by atoms with Gasteiger partial charge in [0, 0.05) is 5.56 Å². The van der Waals surface area contributed by atoms with Gasteiger partial charge in [0.2, 0.25) is 0 Å². The molecule has 0 atom stereocenters. The SMILES string of the molecule is Fc1ccccc1-c1ccc(CCl)nn1. The van der Waals surface area contributed by atoms with E-state index in [0.29, 0.717) is 22.8 Å². The molecular formula is C11H8ClFN2. The van der Waals surface area contributed by atoms with Crippen molar-refractivity contribution in [3.63, 3.8) is 0 Å². The Hall–Kier alpha value is -1.48. The van der Waals surface area contributed by atoms with Crippen LogP contribution in [0, 0.1) is 5.82 Å². The summed E-state index contributed by atoms with van der Waals surface area (Å²) in [5.41, 5.74) is 1.64. The quantitative estimate of drug-likeness (QED) is 0.730. The third kappa shape index (κ3) is 2.13. The van der Waals surface area contributed by atoms with Gasteiger partial charge in [0.25, 0.3) is 0 Å². The fourth-order valence-electron chi connectivity index (χ4n) is 1.24. The van der Waals surface area contributed by atoms with Crippen LogP contribution in [0.5, 0.6) is 0 Å². The van der Waals surface area contributed by atoms with Gasteiger partial charge in [-0.15, -0.1) is 11.6 Å². The minimum atomic E-state index is -0.301. The van der Waals surface area contributed by atoms with Gasteiger partial charge in [-0.2, -0.15) is 10.2 Å². The predicted octanol–water partition coefficient (Wildman–Crippen LogP) is 3.02. The molecule has 15 heavy (non-hydrogen) atoms. The maximum atomic E-state index is 13.4. The van der Waals surface area contributed by atoms with Gasteiger partial charge >= 0.3 is 0 Å². The summed E-state index contributed by atoms with van der Waals surface area (Å²) in [7, 11) is 0. The molecule has 0 saturated carbocycles. The molecule has 2 aromatic rings. The topological polar surface area (TPSA) is 25.8 Å². The van der Waals surface area contributed by atoms with Gasteiger partial charge in [0.1, 0.15) is 5.82 Å². The van der Waals surface area contributed by atoms with E-state index in [1.165, 1.54) is 6.07 Å². The molecular weight excluding hydrogens is 215 g/mol. The van der Waals surface area contributed by atoms with Crippen LogP contribution in [-0.4, -0.2) is 10.2 Å². The van der Waals surface area contributed by atoms with Gasteiger partial charge in [-0.05, 0) is 24.3 Å². The Kier molecular flexibility index (Phi) is 2.92. The second-order valence-electron chi connectivity index (χ2n) is 3.02. The molecule has 76 valence electrons. The molecule has 0 amide bonds. The van der Waals surface area contributed by atoms with Crippen molar-refractivity contribution < 1.29 is 4.39 Å². The van der Waals surface area contributed by atoms with Crippen LogP contribution in [0.2, 0.25) is 0 Å². The fourth-order valence-corrected chi connectivity index (χ4v) is 1.39. The number of halogens is 2. The van der Waals surface area contributed by atoms with Gasteiger partial charge < -0.3 is 0 Å². The molecule has 0 aliphatic heterocycles. The monoisotopic (exact) mass is 222 g/mol. The smallest absolute Gasteiger partial charge is 0.132 e. The highest BCUT2D eigenvalue weighted by Gasteiger charge is 2.05. The summed E-state index contributed by atoms with van der Waals surface area (Å²) in [6, 6.07) is 9.91. The lowest BCUT2D eigenvalue weighted by Gasteiger charge is -2.01. The van der Waals surface area contributed by atoms with Gasteiger partial charge in [0.15, 0.2) is 0 Å². The van der Waals surface area contributed by atoms with Gasteiger partial charge in [-0.3, -0.25) is 0 Å². The Labute approximate surface area is 91.7 Å². The molecule has 1 heterocycles. The molecule has 0 saturated heterocycles. The van der Waals surface area contributed by atoms with Crippen molar-refractivity contribution in [2.24, 2.45) is 0 Å². The molecule has 0 radical (unpaired) electrons. The molecule has 0 aliphatic carbocycles. The summed E-state index contributed by atoms with van der Waals surface area (Å²) in [6.07, 6.45) is 0. The average molecular weight is 223 g/mol. The van der Waals surface area contributed by atoms with E-state index in [0.717, 1.165) is 0 Å². The third-order valence-corrected chi connectivity index (χ3v) is 2.28. The lowest BCUT2D eigenvalue weighted by atomic mass is 10.1. The minimum absolute atomic E-state index is 0.301. The van der Waals surface area contributed by atoms with Gasteiger partial charge in [0.05, 0.1) is 17.3 Å². The summed E-state index contributed by atoms with van der Waals surface area (Å²) in [6.45, 7) is 0. The van der Waals surface area contributed by atoms with Gasteiger partial charge in [-0.1, -0.05) is 12.1 Å². The van der Waals surface area contributed by atoms with Crippen LogP contribution in [0.1, 0.15) is 5.69 Å². The highest BCUT2D eigenvalue weighted by Crippen LogP contribution is 2.19. The Bertz CT molecular complexity index is 456. The summed E-state index contributed by atoms with van der Waals surface area (Å²) < 4.78 is 13.4. The van der Waals surface area contributed by atoms with E-state index < -0.39 is 0 Å². The Balaban J connectivity index is 2.42. The lowest BCUT2D eigenvalue weighted by molar-refractivity contribution is 0.630. The summed E-state index contributed by atoms with van der Waals surface area (Å²) >= 11 is 5.58. The van der Waals surface area contributed by atoms with E-state index in [4.69, 9.17) is 11.6 Å². The van der Waals surface area contributed by atoms with Crippen molar-refractivity contribution in [1.29, 1.82) is 0 Å². The van der Waals surface area contributed by atoms with Crippen molar-refractivity contribution >= 4 is 11.6 Å². The number of alkyl halides is 1. The number of hydrogen-bond acceptors (Lipinski definition) is 2. The Morgan fingerprint density at radius 3 is 2.47 bits per heavy atom. The second-order valence-corrected chi connectivity index (χ2v) is 3.29. The molecule has 2 rings (SSSR count). The largest absolute Gasteiger partial charge is 0.206 e. The maximum Gasteiger partial charge on any atom is 0.132 e. The third-order valence-electron chi connectivity index (χ3n) is 2.01. The van der Waals surface area contributed by atoms with E-state index in [1.807, 2.05) is 0 Å². The molecule has 0 spiro atoms.